The van der Waals surface area contributed by atoms with Crippen LogP contribution in [0.3, 0.4) is 0 Å². The fourth-order valence-corrected chi connectivity index (χ4v) is 4.64. The SMILES string of the molecule is Cc1cc(NS(=O)(=O)CCNc2nc(N3CCN(C)CC3)nc3cnc(Cl)cc23)n(C)n1. The van der Waals surface area contributed by atoms with E-state index in [0.29, 0.717) is 33.6 Å². The van der Waals surface area contributed by atoms with Gasteiger partial charge in [-0.05, 0) is 20.0 Å². The average molecular weight is 480 g/mol. The molecule has 0 amide bonds. The molecule has 4 rings (SSSR count). The summed E-state index contributed by atoms with van der Waals surface area (Å²) in [5.74, 6) is 1.39. The number of hydrogen-bond donors (Lipinski definition) is 2. The molecule has 1 saturated heterocycles. The molecule has 0 spiro atoms. The number of halogens is 1. The van der Waals surface area contributed by atoms with Crippen LogP contribution in [-0.4, -0.2) is 83.6 Å². The zero-order valence-corrected chi connectivity index (χ0v) is 19.8. The Morgan fingerprint density at radius 3 is 2.56 bits per heavy atom. The van der Waals surface area contributed by atoms with Crippen LogP contribution < -0.4 is 14.9 Å². The Labute approximate surface area is 191 Å². The predicted molar refractivity (Wildman–Crippen MR) is 126 cm³/mol. The smallest absolute Gasteiger partial charge is 0.235 e. The Balaban J connectivity index is 1.52. The molecule has 13 heteroatoms. The van der Waals surface area contributed by atoms with E-state index in [1.807, 2.05) is 0 Å². The lowest BCUT2D eigenvalue weighted by Crippen LogP contribution is -2.45. The zero-order chi connectivity index (χ0) is 22.9. The van der Waals surface area contributed by atoms with Crippen LogP contribution in [0.2, 0.25) is 5.15 Å². The Morgan fingerprint density at radius 1 is 1.12 bits per heavy atom. The number of aryl methyl sites for hydroxylation is 2. The van der Waals surface area contributed by atoms with Crippen LogP contribution in [0.15, 0.2) is 18.3 Å². The van der Waals surface area contributed by atoms with Gasteiger partial charge in [0.2, 0.25) is 16.0 Å². The minimum atomic E-state index is -3.58. The van der Waals surface area contributed by atoms with Crippen LogP contribution in [0.1, 0.15) is 5.69 Å². The molecule has 11 nitrogen and oxygen atoms in total. The number of rotatable bonds is 7. The van der Waals surface area contributed by atoms with Crippen LogP contribution in [0.4, 0.5) is 17.6 Å². The lowest BCUT2D eigenvalue weighted by molar-refractivity contribution is 0.311. The molecule has 4 heterocycles. The van der Waals surface area contributed by atoms with Gasteiger partial charge in [0.05, 0.1) is 23.2 Å². The summed E-state index contributed by atoms with van der Waals surface area (Å²) in [5, 5.41) is 8.31. The number of nitrogens with zero attached hydrogens (tertiary/aromatic N) is 7. The van der Waals surface area contributed by atoms with E-state index in [4.69, 9.17) is 11.6 Å². The van der Waals surface area contributed by atoms with Gasteiger partial charge >= 0.3 is 0 Å². The molecule has 3 aromatic rings. The summed E-state index contributed by atoms with van der Waals surface area (Å²) in [6.45, 7) is 5.41. The molecular formula is C19H26ClN9O2S. The number of hydrogen-bond acceptors (Lipinski definition) is 9. The standard InChI is InChI=1S/C19H26ClN9O2S/c1-13-10-17(28(3)25-13)26-32(30,31)9-4-21-18-14-11-16(20)22-12-15(14)23-19(24-18)29-7-5-27(2)6-8-29/h10-12,26H,4-9H2,1-3H3,(H,21,23,24). The number of fused-ring (bicyclic) bond motifs is 1. The molecule has 3 aromatic heterocycles. The van der Waals surface area contributed by atoms with Crippen molar-refractivity contribution in [3.8, 4) is 0 Å². The summed E-state index contributed by atoms with van der Waals surface area (Å²) < 4.78 is 29.1. The highest BCUT2D eigenvalue weighted by atomic mass is 35.5. The first-order valence-electron chi connectivity index (χ1n) is 10.2. The van der Waals surface area contributed by atoms with Gasteiger partial charge in [0.25, 0.3) is 0 Å². The van der Waals surface area contributed by atoms with Gasteiger partial charge in [0.1, 0.15) is 16.8 Å². The molecule has 1 fully saturated rings. The molecule has 0 radical (unpaired) electrons. The summed E-state index contributed by atoms with van der Waals surface area (Å²) in [7, 11) is 0.187. The van der Waals surface area contributed by atoms with E-state index in [2.05, 4.69) is 46.9 Å². The quantitative estimate of drug-likeness (QED) is 0.483. The Morgan fingerprint density at radius 2 is 1.88 bits per heavy atom. The van der Waals surface area contributed by atoms with Gasteiger partial charge in [-0.1, -0.05) is 11.6 Å². The highest BCUT2D eigenvalue weighted by Gasteiger charge is 2.19. The van der Waals surface area contributed by atoms with E-state index in [0.717, 1.165) is 31.9 Å². The largest absolute Gasteiger partial charge is 0.368 e. The maximum atomic E-state index is 12.5. The third-order valence-corrected chi connectivity index (χ3v) is 6.72. The summed E-state index contributed by atoms with van der Waals surface area (Å²) in [6.07, 6.45) is 1.60. The molecule has 1 aliphatic heterocycles. The molecule has 32 heavy (non-hydrogen) atoms. The van der Waals surface area contributed by atoms with Gasteiger partial charge in [-0.25, -0.2) is 18.4 Å². The summed E-state index contributed by atoms with van der Waals surface area (Å²) in [5.41, 5.74) is 1.38. The zero-order valence-electron chi connectivity index (χ0n) is 18.2. The first kappa shape index (κ1) is 22.5. The minimum absolute atomic E-state index is 0.147. The topological polar surface area (TPSA) is 121 Å². The molecule has 1 aliphatic rings. The molecule has 0 unspecified atom stereocenters. The minimum Gasteiger partial charge on any atom is -0.368 e. The maximum absolute atomic E-state index is 12.5. The van der Waals surface area contributed by atoms with E-state index in [9.17, 15) is 8.42 Å². The lowest BCUT2D eigenvalue weighted by Gasteiger charge is -2.32. The van der Waals surface area contributed by atoms with Crippen molar-refractivity contribution in [2.24, 2.45) is 7.05 Å². The molecule has 0 aromatic carbocycles. The van der Waals surface area contributed by atoms with Crippen molar-refractivity contribution < 1.29 is 8.42 Å². The van der Waals surface area contributed by atoms with Crippen molar-refractivity contribution in [3.05, 3.63) is 29.2 Å². The van der Waals surface area contributed by atoms with Crippen molar-refractivity contribution in [2.75, 3.05) is 60.5 Å². The number of piperazine rings is 1. The maximum Gasteiger partial charge on any atom is 0.235 e. The van der Waals surface area contributed by atoms with Gasteiger partial charge in [-0.3, -0.25) is 9.40 Å². The normalized spacial score (nSPS) is 15.3. The van der Waals surface area contributed by atoms with E-state index in [-0.39, 0.29) is 12.3 Å². The third kappa shape index (κ3) is 5.19. The molecule has 2 N–H and O–H groups in total. The Kier molecular flexibility index (Phi) is 6.35. The average Bonchev–Trinajstić information content (AvgIpc) is 3.04. The first-order valence-corrected chi connectivity index (χ1v) is 12.2. The van der Waals surface area contributed by atoms with Gasteiger partial charge in [-0.15, -0.1) is 0 Å². The summed E-state index contributed by atoms with van der Waals surface area (Å²) in [6, 6.07) is 3.36. The van der Waals surface area contributed by atoms with Crippen molar-refractivity contribution in [1.29, 1.82) is 0 Å². The Hall–Kier alpha value is -2.70. The van der Waals surface area contributed by atoms with Gasteiger partial charge in [-0.2, -0.15) is 10.1 Å². The van der Waals surface area contributed by atoms with E-state index in [1.165, 1.54) is 4.68 Å². The highest BCUT2D eigenvalue weighted by molar-refractivity contribution is 7.92. The van der Waals surface area contributed by atoms with Crippen LogP contribution >= 0.6 is 11.6 Å². The number of sulfonamides is 1. The van der Waals surface area contributed by atoms with Crippen LogP contribution in [0.25, 0.3) is 10.9 Å². The molecule has 0 aliphatic carbocycles. The molecule has 0 saturated carbocycles. The number of pyridine rings is 1. The molecular weight excluding hydrogens is 454 g/mol. The third-order valence-electron chi connectivity index (χ3n) is 5.25. The summed E-state index contributed by atoms with van der Waals surface area (Å²) in [4.78, 5) is 17.8. The molecule has 0 bridgehead atoms. The monoisotopic (exact) mass is 479 g/mol. The second-order valence-corrected chi connectivity index (χ2v) is 10.1. The number of nitrogens with one attached hydrogen (secondary N) is 2. The van der Waals surface area contributed by atoms with Crippen LogP contribution in [-0.2, 0) is 17.1 Å². The van der Waals surface area contributed by atoms with E-state index < -0.39 is 10.0 Å². The number of anilines is 3. The van der Waals surface area contributed by atoms with Crippen LogP contribution in [0.5, 0.6) is 0 Å². The fraction of sp³-hybridized carbons (Fsp3) is 0.474. The second-order valence-electron chi connectivity index (χ2n) is 7.83. The number of aromatic nitrogens is 5. The van der Waals surface area contributed by atoms with Crippen molar-refractivity contribution in [2.45, 2.75) is 6.92 Å². The van der Waals surface area contributed by atoms with Crippen LogP contribution in [0, 0.1) is 6.92 Å². The predicted octanol–water partition coefficient (Wildman–Crippen LogP) is 1.33. The van der Waals surface area contributed by atoms with Gasteiger partial charge in [0, 0.05) is 51.2 Å². The molecule has 0 atom stereocenters. The number of likely N-dealkylation sites (N-methyl/N-ethyl adjacent to an activating group) is 1. The lowest BCUT2D eigenvalue weighted by atomic mass is 10.3. The van der Waals surface area contributed by atoms with Crippen molar-refractivity contribution in [1.82, 2.24) is 29.6 Å². The first-order chi connectivity index (χ1) is 15.2. The van der Waals surface area contributed by atoms with Gasteiger partial charge in [0.15, 0.2) is 0 Å². The second kappa shape index (κ2) is 9.04. The highest BCUT2D eigenvalue weighted by Crippen LogP contribution is 2.25. The van der Waals surface area contributed by atoms with E-state index in [1.54, 1.807) is 32.3 Å². The Bertz CT molecular complexity index is 1220. The van der Waals surface area contributed by atoms with Gasteiger partial charge < -0.3 is 15.1 Å². The fourth-order valence-electron chi connectivity index (χ4n) is 3.50. The van der Waals surface area contributed by atoms with Crippen molar-refractivity contribution in [3.63, 3.8) is 0 Å². The summed E-state index contributed by atoms with van der Waals surface area (Å²) >= 11 is 6.08. The molecule has 172 valence electrons. The van der Waals surface area contributed by atoms with Crippen molar-refractivity contribution >= 4 is 50.1 Å². The van der Waals surface area contributed by atoms with E-state index >= 15 is 0 Å².